The molecule has 2 fully saturated rings. The first kappa shape index (κ1) is 25.8. The molecule has 3 amide bonds. The quantitative estimate of drug-likeness (QED) is 0.497. The van der Waals surface area contributed by atoms with Crippen LogP contribution in [0.3, 0.4) is 0 Å². The van der Waals surface area contributed by atoms with Gasteiger partial charge in [0, 0.05) is 37.6 Å². The monoisotopic (exact) mass is 532 g/mol. The maximum Gasteiger partial charge on any atom is 0.339 e. The fourth-order valence-electron chi connectivity index (χ4n) is 5.11. The Morgan fingerprint density at radius 3 is 2.11 bits per heavy atom. The molecule has 2 aliphatic heterocycles. The van der Waals surface area contributed by atoms with Gasteiger partial charge in [0.25, 0.3) is 10.0 Å². The Morgan fingerprint density at radius 1 is 0.816 bits per heavy atom. The summed E-state index contributed by atoms with van der Waals surface area (Å²) in [6, 6.07) is 19.9. The van der Waals surface area contributed by atoms with E-state index in [4.69, 9.17) is 0 Å². The second kappa shape index (κ2) is 10.1. The Bertz CT molecular complexity index is 1450. The maximum absolute atomic E-state index is 13.8. The SMILES string of the molecule is Cc1ccc(S(=O)(=O)N2C[C@@H](C(=O)N3CCN(c4cc(C)ccc4C)CC3)N(c3ccccc3)C2=O)cc1. The summed E-state index contributed by atoms with van der Waals surface area (Å²) in [7, 11) is -4.13. The van der Waals surface area contributed by atoms with Crippen molar-refractivity contribution < 1.29 is 18.0 Å². The third-order valence-corrected chi connectivity index (χ3v) is 9.05. The van der Waals surface area contributed by atoms with Crippen LogP contribution in [0, 0.1) is 20.8 Å². The second-order valence-electron chi connectivity index (χ2n) is 9.96. The first-order chi connectivity index (χ1) is 18.2. The predicted octanol–water partition coefficient (Wildman–Crippen LogP) is 3.96. The highest BCUT2D eigenvalue weighted by atomic mass is 32.2. The van der Waals surface area contributed by atoms with Gasteiger partial charge in [0.1, 0.15) is 6.04 Å². The number of hydrogen-bond donors (Lipinski definition) is 0. The summed E-state index contributed by atoms with van der Waals surface area (Å²) >= 11 is 0. The molecule has 0 aliphatic carbocycles. The van der Waals surface area contributed by atoms with Gasteiger partial charge in [-0.2, -0.15) is 0 Å². The molecule has 9 heteroatoms. The van der Waals surface area contributed by atoms with Gasteiger partial charge in [-0.05, 0) is 62.2 Å². The Labute approximate surface area is 224 Å². The number of aryl methyl sites for hydroxylation is 3. The molecule has 198 valence electrons. The zero-order chi connectivity index (χ0) is 27.0. The molecule has 3 aromatic rings. The first-order valence-corrected chi connectivity index (χ1v) is 14.2. The lowest BCUT2D eigenvalue weighted by Gasteiger charge is -2.38. The Hall–Kier alpha value is -3.85. The smallest absolute Gasteiger partial charge is 0.339 e. The van der Waals surface area contributed by atoms with Crippen molar-refractivity contribution in [2.24, 2.45) is 0 Å². The van der Waals surface area contributed by atoms with Crippen molar-refractivity contribution in [3.63, 3.8) is 0 Å². The van der Waals surface area contributed by atoms with Crippen molar-refractivity contribution in [3.8, 4) is 0 Å². The molecule has 0 aromatic heterocycles. The summed E-state index contributed by atoms with van der Waals surface area (Å²) in [6.07, 6.45) is 0. The molecule has 2 aliphatic rings. The summed E-state index contributed by atoms with van der Waals surface area (Å²) in [5.41, 5.74) is 4.93. The highest BCUT2D eigenvalue weighted by molar-refractivity contribution is 7.89. The normalized spacial score (nSPS) is 18.3. The van der Waals surface area contributed by atoms with Crippen LogP contribution in [0.5, 0.6) is 0 Å². The minimum atomic E-state index is -4.13. The number of urea groups is 1. The molecule has 0 bridgehead atoms. The fourth-order valence-corrected chi connectivity index (χ4v) is 6.48. The van der Waals surface area contributed by atoms with Crippen LogP contribution in [-0.2, 0) is 14.8 Å². The number of hydrogen-bond acceptors (Lipinski definition) is 5. The Morgan fingerprint density at radius 2 is 1.45 bits per heavy atom. The maximum atomic E-state index is 13.8. The number of amides is 3. The van der Waals surface area contributed by atoms with E-state index in [0.29, 0.717) is 31.9 Å². The number of carbonyl (C=O) groups is 2. The number of nitrogens with zero attached hydrogens (tertiary/aromatic N) is 4. The van der Waals surface area contributed by atoms with Crippen LogP contribution in [0.2, 0.25) is 0 Å². The lowest BCUT2D eigenvalue weighted by Crippen LogP contribution is -2.55. The van der Waals surface area contributed by atoms with Crippen molar-refractivity contribution in [1.82, 2.24) is 9.21 Å². The number of piperazine rings is 1. The zero-order valence-electron chi connectivity index (χ0n) is 21.9. The Balaban J connectivity index is 1.40. The summed E-state index contributed by atoms with van der Waals surface area (Å²) in [6.45, 7) is 8.07. The van der Waals surface area contributed by atoms with Gasteiger partial charge in [0.05, 0.1) is 11.4 Å². The molecule has 2 saturated heterocycles. The molecule has 3 aromatic carbocycles. The molecule has 0 saturated carbocycles. The molecule has 38 heavy (non-hydrogen) atoms. The molecule has 2 heterocycles. The van der Waals surface area contributed by atoms with E-state index < -0.39 is 22.1 Å². The van der Waals surface area contributed by atoms with E-state index in [9.17, 15) is 18.0 Å². The summed E-state index contributed by atoms with van der Waals surface area (Å²) in [5.74, 6) is -0.246. The number of benzene rings is 3. The molecule has 0 spiro atoms. The van der Waals surface area contributed by atoms with Gasteiger partial charge in [-0.1, -0.05) is 48.0 Å². The Kier molecular flexibility index (Phi) is 6.88. The van der Waals surface area contributed by atoms with Crippen molar-refractivity contribution in [2.75, 3.05) is 42.5 Å². The van der Waals surface area contributed by atoms with Crippen LogP contribution >= 0.6 is 0 Å². The summed E-state index contributed by atoms with van der Waals surface area (Å²) < 4.78 is 27.8. The van der Waals surface area contributed by atoms with Crippen LogP contribution < -0.4 is 9.80 Å². The van der Waals surface area contributed by atoms with E-state index in [1.807, 2.05) is 13.0 Å². The molecule has 0 radical (unpaired) electrons. The molecular weight excluding hydrogens is 500 g/mol. The van der Waals surface area contributed by atoms with E-state index in [1.165, 1.54) is 28.2 Å². The van der Waals surface area contributed by atoms with Gasteiger partial charge in [-0.15, -0.1) is 0 Å². The fraction of sp³-hybridized carbons (Fsp3) is 0.310. The van der Waals surface area contributed by atoms with E-state index in [-0.39, 0.29) is 17.3 Å². The highest BCUT2D eigenvalue weighted by Gasteiger charge is 2.49. The molecule has 8 nitrogen and oxygen atoms in total. The standard InChI is InChI=1S/C29H32N4O4S/c1-21-10-13-25(14-11-21)38(36,37)32-20-27(33(29(32)35)24-7-5-4-6-8-24)28(34)31-17-15-30(16-18-31)26-19-22(2)9-12-23(26)3/h4-14,19,27H,15-18,20H2,1-3H3/t27-/m0/s1. The average Bonchev–Trinajstić information content (AvgIpc) is 3.28. The number of sulfonamides is 1. The highest BCUT2D eigenvalue weighted by Crippen LogP contribution is 2.31. The van der Waals surface area contributed by atoms with Gasteiger partial charge in [0.2, 0.25) is 5.91 Å². The molecule has 5 rings (SSSR count). The predicted molar refractivity (Wildman–Crippen MR) is 148 cm³/mol. The van der Waals surface area contributed by atoms with Gasteiger partial charge < -0.3 is 9.80 Å². The van der Waals surface area contributed by atoms with Gasteiger partial charge in [0.15, 0.2) is 0 Å². The van der Waals surface area contributed by atoms with Crippen molar-refractivity contribution >= 4 is 33.3 Å². The third kappa shape index (κ3) is 4.74. The van der Waals surface area contributed by atoms with E-state index in [1.54, 1.807) is 41.3 Å². The lowest BCUT2D eigenvalue weighted by molar-refractivity contribution is -0.132. The number of carbonyl (C=O) groups excluding carboxylic acids is 2. The van der Waals surface area contributed by atoms with Crippen LogP contribution in [-0.4, -0.2) is 68.3 Å². The molecule has 0 N–H and O–H groups in total. The molecule has 0 unspecified atom stereocenters. The summed E-state index contributed by atoms with van der Waals surface area (Å²) in [5, 5.41) is 0. The first-order valence-electron chi connectivity index (χ1n) is 12.8. The number of anilines is 2. The van der Waals surface area contributed by atoms with Crippen LogP contribution in [0.15, 0.2) is 77.7 Å². The van der Waals surface area contributed by atoms with Gasteiger partial charge in [-0.3, -0.25) is 9.69 Å². The molecule has 1 atom stereocenters. The van der Waals surface area contributed by atoms with Gasteiger partial charge >= 0.3 is 6.03 Å². The topological polar surface area (TPSA) is 81.2 Å². The zero-order valence-corrected chi connectivity index (χ0v) is 22.7. The van der Waals surface area contributed by atoms with Crippen LogP contribution in [0.4, 0.5) is 16.2 Å². The number of para-hydroxylation sites is 1. The second-order valence-corrected chi connectivity index (χ2v) is 11.8. The van der Waals surface area contributed by atoms with Crippen LogP contribution in [0.1, 0.15) is 16.7 Å². The number of rotatable bonds is 5. The molecular formula is C29H32N4O4S. The minimum absolute atomic E-state index is 0.0275. The van der Waals surface area contributed by atoms with E-state index >= 15 is 0 Å². The van der Waals surface area contributed by atoms with Crippen LogP contribution in [0.25, 0.3) is 0 Å². The van der Waals surface area contributed by atoms with E-state index in [2.05, 4.69) is 36.9 Å². The summed E-state index contributed by atoms with van der Waals surface area (Å²) in [4.78, 5) is 32.8. The van der Waals surface area contributed by atoms with Crippen molar-refractivity contribution in [1.29, 1.82) is 0 Å². The third-order valence-electron chi connectivity index (χ3n) is 7.29. The van der Waals surface area contributed by atoms with E-state index in [0.717, 1.165) is 15.6 Å². The van der Waals surface area contributed by atoms with Crippen molar-refractivity contribution in [3.05, 3.63) is 89.5 Å². The van der Waals surface area contributed by atoms with Gasteiger partial charge in [-0.25, -0.2) is 17.5 Å². The van der Waals surface area contributed by atoms with Crippen molar-refractivity contribution in [2.45, 2.75) is 31.7 Å². The average molecular weight is 533 g/mol. The minimum Gasteiger partial charge on any atom is -0.368 e. The largest absolute Gasteiger partial charge is 0.368 e. The lowest BCUT2D eigenvalue weighted by atomic mass is 10.1.